The average molecular weight is 336 g/mol. The summed E-state index contributed by atoms with van der Waals surface area (Å²) in [6, 6.07) is 5.01. The number of sulfonamides is 1. The maximum absolute atomic E-state index is 11.6. The molecule has 1 aromatic rings. The SMILES string of the molecule is COC(=O)c1ccc(Br)cc1CN(C)S(C)(=O)=O. The van der Waals surface area contributed by atoms with Crippen molar-refractivity contribution < 1.29 is 17.9 Å². The van der Waals surface area contributed by atoms with Crippen molar-refractivity contribution in [3.05, 3.63) is 33.8 Å². The molecule has 0 atom stereocenters. The van der Waals surface area contributed by atoms with Gasteiger partial charge in [0, 0.05) is 18.1 Å². The molecule has 0 saturated heterocycles. The molecule has 0 bridgehead atoms. The Balaban J connectivity index is 3.14. The van der Waals surface area contributed by atoms with Crippen molar-refractivity contribution in [3.63, 3.8) is 0 Å². The van der Waals surface area contributed by atoms with E-state index in [4.69, 9.17) is 0 Å². The summed E-state index contributed by atoms with van der Waals surface area (Å²) in [6.45, 7) is 0.114. The van der Waals surface area contributed by atoms with Gasteiger partial charge < -0.3 is 4.74 Å². The predicted molar refractivity (Wildman–Crippen MR) is 71.8 cm³/mol. The Kier molecular flexibility index (Phi) is 4.89. The van der Waals surface area contributed by atoms with Crippen molar-refractivity contribution in [1.29, 1.82) is 0 Å². The Labute approximate surface area is 115 Å². The van der Waals surface area contributed by atoms with E-state index in [1.165, 1.54) is 18.5 Å². The molecule has 0 amide bonds. The van der Waals surface area contributed by atoms with E-state index in [1.807, 2.05) is 0 Å². The van der Waals surface area contributed by atoms with E-state index in [1.54, 1.807) is 18.2 Å². The lowest BCUT2D eigenvalue weighted by Crippen LogP contribution is -2.26. The van der Waals surface area contributed by atoms with Crippen LogP contribution in [0.4, 0.5) is 0 Å². The van der Waals surface area contributed by atoms with Crippen LogP contribution in [0.5, 0.6) is 0 Å². The van der Waals surface area contributed by atoms with E-state index >= 15 is 0 Å². The molecular formula is C11H14BrNO4S. The molecule has 0 radical (unpaired) electrons. The minimum absolute atomic E-state index is 0.114. The molecule has 0 aliphatic rings. The van der Waals surface area contributed by atoms with E-state index < -0.39 is 16.0 Å². The van der Waals surface area contributed by atoms with Gasteiger partial charge in [0.05, 0.1) is 18.9 Å². The lowest BCUT2D eigenvalue weighted by Gasteiger charge is -2.16. The monoisotopic (exact) mass is 335 g/mol. The molecule has 0 fully saturated rings. The third-order valence-electron chi connectivity index (χ3n) is 2.43. The first kappa shape index (κ1) is 15.1. The molecule has 0 aromatic heterocycles. The van der Waals surface area contributed by atoms with Crippen LogP contribution < -0.4 is 0 Å². The summed E-state index contributed by atoms with van der Waals surface area (Å²) in [5.74, 6) is -0.487. The minimum atomic E-state index is -3.30. The Morgan fingerprint density at radius 3 is 2.56 bits per heavy atom. The number of methoxy groups -OCH3 is 1. The molecular weight excluding hydrogens is 322 g/mol. The number of hydrogen-bond donors (Lipinski definition) is 0. The number of ether oxygens (including phenoxy) is 1. The normalized spacial score (nSPS) is 11.6. The van der Waals surface area contributed by atoms with Crippen molar-refractivity contribution in [3.8, 4) is 0 Å². The van der Waals surface area contributed by atoms with E-state index in [2.05, 4.69) is 20.7 Å². The number of benzene rings is 1. The summed E-state index contributed by atoms with van der Waals surface area (Å²) in [6.07, 6.45) is 1.11. The van der Waals surface area contributed by atoms with Gasteiger partial charge in [0.2, 0.25) is 10.0 Å². The first-order chi connectivity index (χ1) is 8.25. The Morgan fingerprint density at radius 2 is 2.06 bits per heavy atom. The van der Waals surface area contributed by atoms with Gasteiger partial charge in [-0.2, -0.15) is 0 Å². The van der Waals surface area contributed by atoms with Crippen LogP contribution in [0.2, 0.25) is 0 Å². The first-order valence-electron chi connectivity index (χ1n) is 5.03. The minimum Gasteiger partial charge on any atom is -0.465 e. The Bertz CT molecular complexity index is 556. The number of carbonyl (C=O) groups excluding carboxylic acids is 1. The molecule has 7 heteroatoms. The molecule has 0 saturated carbocycles. The topological polar surface area (TPSA) is 63.7 Å². The molecule has 0 aliphatic carbocycles. The third kappa shape index (κ3) is 3.79. The summed E-state index contributed by atoms with van der Waals surface area (Å²) >= 11 is 3.29. The molecule has 100 valence electrons. The summed E-state index contributed by atoms with van der Waals surface area (Å²) in [4.78, 5) is 11.6. The largest absolute Gasteiger partial charge is 0.465 e. The highest BCUT2D eigenvalue weighted by Crippen LogP contribution is 2.19. The number of halogens is 1. The summed E-state index contributed by atoms with van der Waals surface area (Å²) in [7, 11) is -0.555. The number of nitrogens with zero attached hydrogens (tertiary/aromatic N) is 1. The van der Waals surface area contributed by atoms with Gasteiger partial charge in [-0.3, -0.25) is 0 Å². The molecule has 0 spiro atoms. The fourth-order valence-corrected chi connectivity index (χ4v) is 2.14. The van der Waals surface area contributed by atoms with E-state index in [0.717, 1.165) is 10.7 Å². The van der Waals surface area contributed by atoms with Gasteiger partial charge in [0.1, 0.15) is 0 Å². The van der Waals surface area contributed by atoms with Gasteiger partial charge >= 0.3 is 5.97 Å². The van der Waals surface area contributed by atoms with Crippen molar-refractivity contribution in [2.24, 2.45) is 0 Å². The van der Waals surface area contributed by atoms with Gasteiger partial charge in [-0.15, -0.1) is 0 Å². The molecule has 0 aliphatic heterocycles. The summed E-state index contributed by atoms with van der Waals surface area (Å²) < 4.78 is 29.3. The zero-order valence-corrected chi connectivity index (χ0v) is 12.7. The molecule has 1 aromatic carbocycles. The lowest BCUT2D eigenvalue weighted by molar-refractivity contribution is 0.0599. The van der Waals surface area contributed by atoms with E-state index in [0.29, 0.717) is 11.1 Å². The number of rotatable bonds is 4. The Morgan fingerprint density at radius 1 is 1.44 bits per heavy atom. The van der Waals surface area contributed by atoms with Crippen LogP contribution in [0.15, 0.2) is 22.7 Å². The van der Waals surface area contributed by atoms with Crippen LogP contribution >= 0.6 is 15.9 Å². The quantitative estimate of drug-likeness (QED) is 0.784. The molecule has 0 heterocycles. The van der Waals surface area contributed by atoms with Crippen molar-refractivity contribution in [2.75, 3.05) is 20.4 Å². The maximum Gasteiger partial charge on any atom is 0.338 e. The highest BCUT2D eigenvalue weighted by molar-refractivity contribution is 9.10. The summed E-state index contributed by atoms with van der Waals surface area (Å²) in [5, 5.41) is 0. The smallest absolute Gasteiger partial charge is 0.338 e. The van der Waals surface area contributed by atoms with Crippen LogP contribution in [-0.2, 0) is 21.3 Å². The second-order valence-corrected chi connectivity index (χ2v) is 6.82. The highest BCUT2D eigenvalue weighted by Gasteiger charge is 2.17. The lowest BCUT2D eigenvalue weighted by atomic mass is 10.1. The van der Waals surface area contributed by atoms with E-state index in [9.17, 15) is 13.2 Å². The first-order valence-corrected chi connectivity index (χ1v) is 7.68. The fourth-order valence-electron chi connectivity index (χ4n) is 1.36. The highest BCUT2D eigenvalue weighted by atomic mass is 79.9. The van der Waals surface area contributed by atoms with Crippen LogP contribution in [-0.4, -0.2) is 39.1 Å². The van der Waals surface area contributed by atoms with Crippen LogP contribution in [0.3, 0.4) is 0 Å². The number of esters is 1. The number of carbonyl (C=O) groups is 1. The van der Waals surface area contributed by atoms with Crippen LogP contribution in [0.1, 0.15) is 15.9 Å². The van der Waals surface area contributed by atoms with Gasteiger partial charge in [-0.1, -0.05) is 15.9 Å². The second-order valence-electron chi connectivity index (χ2n) is 3.81. The van der Waals surface area contributed by atoms with Crippen molar-refractivity contribution >= 4 is 31.9 Å². The molecule has 18 heavy (non-hydrogen) atoms. The second kappa shape index (κ2) is 5.81. The van der Waals surface area contributed by atoms with Gasteiger partial charge in [-0.05, 0) is 23.8 Å². The zero-order valence-electron chi connectivity index (χ0n) is 10.3. The van der Waals surface area contributed by atoms with Crippen molar-refractivity contribution in [2.45, 2.75) is 6.54 Å². The van der Waals surface area contributed by atoms with Crippen LogP contribution in [0, 0.1) is 0 Å². The van der Waals surface area contributed by atoms with E-state index in [-0.39, 0.29) is 6.54 Å². The van der Waals surface area contributed by atoms with Crippen LogP contribution in [0.25, 0.3) is 0 Å². The van der Waals surface area contributed by atoms with Gasteiger partial charge in [-0.25, -0.2) is 17.5 Å². The van der Waals surface area contributed by atoms with Crippen molar-refractivity contribution in [1.82, 2.24) is 4.31 Å². The van der Waals surface area contributed by atoms with Gasteiger partial charge in [0.15, 0.2) is 0 Å². The zero-order chi connectivity index (χ0) is 13.9. The maximum atomic E-state index is 11.6. The van der Waals surface area contributed by atoms with Gasteiger partial charge in [0.25, 0.3) is 0 Å². The summed E-state index contributed by atoms with van der Waals surface area (Å²) in [5.41, 5.74) is 0.945. The Hall–Kier alpha value is -0.920. The molecule has 0 unspecified atom stereocenters. The predicted octanol–water partition coefficient (Wildman–Crippen LogP) is 1.63. The fraction of sp³-hybridized carbons (Fsp3) is 0.364. The molecule has 5 nitrogen and oxygen atoms in total. The molecule has 0 N–H and O–H groups in total. The molecule has 1 rings (SSSR count). The standard InChI is InChI=1S/C11H14BrNO4S/c1-13(18(3,15)16)7-8-6-9(12)4-5-10(8)11(14)17-2/h4-6H,7H2,1-3H3. The third-order valence-corrected chi connectivity index (χ3v) is 4.19. The number of hydrogen-bond acceptors (Lipinski definition) is 4. The average Bonchev–Trinajstić information content (AvgIpc) is 2.27.